The lowest BCUT2D eigenvalue weighted by Crippen LogP contribution is -3.00. The van der Waals surface area contributed by atoms with Crippen molar-refractivity contribution in [3.63, 3.8) is 0 Å². The SMILES string of the molecule is C1=CCC(c2cc(-c3cc(-n4c5ccccc5c5ccccc54)ccc3-n3c4ccccc4c4ccccc43)cc(-c3ccccc3)n2)C=C1.CC(=O)c1ccccc1.Fc1ccc(F)c(-c2cc(-c3ccccc3)nc(-c3ccccc3)c2)c1.O=C(/C=C/c1cc(F)ccc1F)c1ccccc1.O=C(C[n+]1ccccc1)c1ccccc1.O=Cc1cc(F)ccc1F.[Br-]. The summed E-state index contributed by atoms with van der Waals surface area (Å²) < 4.78 is 85.5. The zero-order chi connectivity index (χ0) is 88.7. The molecule has 0 amide bonds. The second-order valence-corrected chi connectivity index (χ2v) is 29.9. The second kappa shape index (κ2) is 43.1. The van der Waals surface area contributed by atoms with Gasteiger partial charge in [-0.05, 0) is 158 Å². The zero-order valence-electron chi connectivity index (χ0n) is 69.7. The minimum absolute atomic E-state index is 0. The lowest BCUT2D eigenvalue weighted by Gasteiger charge is -2.20. The predicted molar refractivity (Wildman–Crippen MR) is 502 cm³/mol. The maximum atomic E-state index is 14.3. The molecule has 0 aliphatic heterocycles. The number of rotatable bonds is 16. The lowest BCUT2D eigenvalue weighted by molar-refractivity contribution is -0.683. The monoisotopic (exact) mass is 1770 g/mol. The summed E-state index contributed by atoms with van der Waals surface area (Å²) in [7, 11) is 0. The van der Waals surface area contributed by atoms with Crippen molar-refractivity contribution in [3.05, 3.63) is 506 Å². The van der Waals surface area contributed by atoms with E-state index >= 15 is 0 Å². The Morgan fingerprint density at radius 2 is 0.791 bits per heavy atom. The number of fused-ring (bicyclic) bond motifs is 6. The highest BCUT2D eigenvalue weighted by Gasteiger charge is 2.23. The molecule has 19 aromatic rings. The summed E-state index contributed by atoms with van der Waals surface area (Å²) in [5.74, 6) is -3.13. The van der Waals surface area contributed by atoms with Crippen LogP contribution in [0.2, 0.25) is 0 Å². The average molecular weight is 1770 g/mol. The first-order valence-corrected chi connectivity index (χ1v) is 41.4. The van der Waals surface area contributed by atoms with Crippen LogP contribution in [0.15, 0.2) is 437 Å². The number of aldehydes is 1. The standard InChI is InChI=1S/C47H33N3.C23H15F2N.C15H10F2O.C13H12NO.C8H8O.C7H4F2O.BrH/c1-3-15-32(16-4-1)41-29-34(30-42(48-41)33-17-5-2-6-18-33)40-31-35(49-43-23-11-7-19-36(43)37-20-8-12-24-44(37)49)27-28-47(40)50-45-25-13-9-21-38(45)39-22-10-14-26-46(39)50;24-19-11-12-21(25)20(15-19)18-13-22(16-7-3-1-4-8-16)26-23(14-18)17-9-5-2-6-10-17;16-13-7-8-14(17)12(10-13)6-9-15(18)11-4-2-1-3-5-11;15-13(12-7-3-1-4-8-12)11-14-9-5-2-6-10-14;1-7(9)8-5-3-2-4-6-8;8-6-1-2-7(9)5(3-6)4-10;/h1-17,19-31,33H,18H2;1-15H;1-10H;1-10H,11H2;2-6H,1H3;1-4H;1H/q;;;+1;;;/p-1/b;;9-6+;;;;. The quantitative estimate of drug-likeness (QED) is 0.0314. The van der Waals surface area contributed by atoms with Crippen LogP contribution in [-0.4, -0.2) is 42.7 Å². The molecule has 0 fully saturated rings. The number of hydrogen-bond acceptors (Lipinski definition) is 6. The van der Waals surface area contributed by atoms with Gasteiger partial charge in [0.25, 0.3) is 0 Å². The summed E-state index contributed by atoms with van der Waals surface area (Å²) in [6.45, 7) is 1.96. The number of pyridine rings is 3. The fourth-order valence-corrected chi connectivity index (χ4v) is 15.0. The van der Waals surface area contributed by atoms with Gasteiger partial charge in [0.15, 0.2) is 30.2 Å². The molecule has 20 rings (SSSR count). The number of hydrogen-bond donors (Lipinski definition) is 0. The first-order chi connectivity index (χ1) is 62.6. The van der Waals surface area contributed by atoms with Crippen LogP contribution in [0.5, 0.6) is 0 Å². The third kappa shape index (κ3) is 22.3. The van der Waals surface area contributed by atoms with E-state index in [0.29, 0.717) is 29.1 Å². The number of benzene rings is 14. The van der Waals surface area contributed by atoms with Crippen LogP contribution in [0.25, 0.3) is 117 Å². The smallest absolute Gasteiger partial charge is 0.227 e. The van der Waals surface area contributed by atoms with Gasteiger partial charge in [-0.25, -0.2) is 31.3 Å². The van der Waals surface area contributed by atoms with Crippen LogP contribution < -0.4 is 21.5 Å². The maximum absolute atomic E-state index is 14.3. The molecule has 5 heterocycles. The molecule has 5 aromatic heterocycles. The summed E-state index contributed by atoms with van der Waals surface area (Å²) in [6, 6.07) is 122. The van der Waals surface area contributed by atoms with Crippen LogP contribution >= 0.6 is 0 Å². The molecule has 1 unspecified atom stereocenters. The van der Waals surface area contributed by atoms with E-state index in [2.05, 4.69) is 191 Å². The van der Waals surface area contributed by atoms with Gasteiger partial charge in [0.2, 0.25) is 12.3 Å². The van der Waals surface area contributed by atoms with Gasteiger partial charge in [-0.2, -0.15) is 4.57 Å². The first kappa shape index (κ1) is 89.4. The van der Waals surface area contributed by atoms with E-state index in [1.807, 2.05) is 156 Å². The number of ketones is 3. The Labute approximate surface area is 753 Å². The molecule has 0 saturated heterocycles. The molecule has 1 aliphatic rings. The number of aromatic nitrogens is 5. The molecule has 0 spiro atoms. The van der Waals surface area contributed by atoms with E-state index in [-0.39, 0.29) is 63.2 Å². The van der Waals surface area contributed by atoms with E-state index in [0.717, 1.165) is 117 Å². The Morgan fingerprint density at radius 1 is 0.380 bits per heavy atom. The van der Waals surface area contributed by atoms with Crippen molar-refractivity contribution in [2.45, 2.75) is 25.8 Å². The van der Waals surface area contributed by atoms with Crippen LogP contribution in [0, 0.1) is 34.9 Å². The third-order valence-corrected chi connectivity index (χ3v) is 21.3. The third-order valence-electron chi connectivity index (χ3n) is 21.3. The number of halogens is 7. The minimum Gasteiger partial charge on any atom is -1.00 e. The summed E-state index contributed by atoms with van der Waals surface area (Å²) in [5.41, 5.74) is 18.5. The average Bonchev–Trinajstić information content (AvgIpc) is 1.58. The highest BCUT2D eigenvalue weighted by Crippen LogP contribution is 2.42. The van der Waals surface area contributed by atoms with Gasteiger partial charge in [0, 0.05) is 101 Å². The van der Waals surface area contributed by atoms with Crippen molar-refractivity contribution >= 4 is 73.3 Å². The largest absolute Gasteiger partial charge is 1.00 e. The minimum atomic E-state index is -0.698. The van der Waals surface area contributed by atoms with Crippen molar-refractivity contribution < 1.29 is 67.1 Å². The topological polar surface area (TPSA) is 108 Å². The molecule has 632 valence electrons. The summed E-state index contributed by atoms with van der Waals surface area (Å²) in [6.07, 6.45) is 16.3. The first-order valence-electron chi connectivity index (χ1n) is 41.4. The Morgan fingerprint density at radius 3 is 1.26 bits per heavy atom. The molecule has 16 heteroatoms. The summed E-state index contributed by atoms with van der Waals surface area (Å²) in [4.78, 5) is 54.2. The second-order valence-electron chi connectivity index (χ2n) is 29.9. The highest BCUT2D eigenvalue weighted by molar-refractivity contribution is 6.11. The fourth-order valence-electron chi connectivity index (χ4n) is 15.0. The van der Waals surface area contributed by atoms with Crippen molar-refractivity contribution in [2.75, 3.05) is 0 Å². The van der Waals surface area contributed by atoms with E-state index in [1.54, 1.807) is 49.4 Å². The summed E-state index contributed by atoms with van der Waals surface area (Å²) >= 11 is 0. The van der Waals surface area contributed by atoms with Crippen molar-refractivity contribution in [2.24, 2.45) is 0 Å². The number of carbonyl (C=O) groups is 4. The van der Waals surface area contributed by atoms with E-state index < -0.39 is 34.9 Å². The molecule has 129 heavy (non-hydrogen) atoms. The van der Waals surface area contributed by atoms with Crippen molar-refractivity contribution in [1.82, 2.24) is 19.1 Å². The van der Waals surface area contributed by atoms with E-state index in [9.17, 15) is 45.5 Å². The van der Waals surface area contributed by atoms with Crippen molar-refractivity contribution in [3.8, 4) is 67.4 Å². The Balaban J connectivity index is 0.000000142. The fraction of sp³-hybridized carbons (Fsp3) is 0.0354. The molecule has 1 aliphatic carbocycles. The molecule has 1 atom stereocenters. The van der Waals surface area contributed by atoms with E-state index in [4.69, 9.17) is 9.97 Å². The Hall–Kier alpha value is -15.9. The molecule has 0 bridgehead atoms. The molecule has 0 radical (unpaired) electrons. The number of carbonyl (C=O) groups excluding carboxylic acids is 4. The van der Waals surface area contributed by atoms with Gasteiger partial charge in [-0.3, -0.25) is 24.2 Å². The van der Waals surface area contributed by atoms with Crippen LogP contribution in [0.1, 0.15) is 72.0 Å². The van der Waals surface area contributed by atoms with Crippen LogP contribution in [0.3, 0.4) is 0 Å². The normalized spacial score (nSPS) is 11.7. The lowest BCUT2D eigenvalue weighted by atomic mass is 9.92. The van der Waals surface area contributed by atoms with E-state index in [1.165, 1.54) is 61.8 Å². The number of para-hydroxylation sites is 4. The molecular formula is C113H82BrF6N5O4. The zero-order valence-corrected chi connectivity index (χ0v) is 71.3. The highest BCUT2D eigenvalue weighted by atomic mass is 79.9. The maximum Gasteiger partial charge on any atom is 0.227 e. The number of Topliss-reactive ketones (excluding diaryl/α,β-unsaturated/α-hetero) is 2. The molecule has 0 saturated carbocycles. The molecular weight excluding hydrogens is 1690 g/mol. The van der Waals surface area contributed by atoms with Gasteiger partial charge < -0.3 is 26.1 Å². The van der Waals surface area contributed by atoms with Gasteiger partial charge in [-0.1, -0.05) is 285 Å². The predicted octanol–water partition coefficient (Wildman–Crippen LogP) is 25.0. The Bertz CT molecular complexity index is 7080. The number of nitrogens with zero attached hydrogens (tertiary/aromatic N) is 5. The summed E-state index contributed by atoms with van der Waals surface area (Å²) in [5, 5.41) is 5.01. The van der Waals surface area contributed by atoms with Gasteiger partial charge >= 0.3 is 0 Å². The van der Waals surface area contributed by atoms with Gasteiger partial charge in [0.1, 0.15) is 34.9 Å². The van der Waals surface area contributed by atoms with Gasteiger partial charge in [0.05, 0.1) is 50.4 Å². The molecule has 0 N–H and O–H groups in total. The van der Waals surface area contributed by atoms with Gasteiger partial charge in [-0.15, -0.1) is 0 Å². The number of allylic oxidation sites excluding steroid dienone is 5. The van der Waals surface area contributed by atoms with Crippen LogP contribution in [0.4, 0.5) is 26.3 Å². The molecule has 9 nitrogen and oxygen atoms in total. The molecule has 14 aromatic carbocycles. The Kier molecular flexibility index (Phi) is 29.9. The van der Waals surface area contributed by atoms with Crippen molar-refractivity contribution in [1.29, 1.82) is 0 Å². The van der Waals surface area contributed by atoms with Crippen LogP contribution in [-0.2, 0) is 6.54 Å².